The Morgan fingerprint density at radius 2 is 1.86 bits per heavy atom. The van der Waals surface area contributed by atoms with Gasteiger partial charge in [-0.25, -0.2) is 13.2 Å². The fourth-order valence-electron chi connectivity index (χ4n) is 1.04. The molecule has 0 fully saturated rings. The first-order chi connectivity index (χ1) is 6.35. The van der Waals surface area contributed by atoms with E-state index in [1.165, 1.54) is 13.8 Å². The third kappa shape index (κ3) is 2.03. The van der Waals surface area contributed by atoms with Crippen molar-refractivity contribution in [1.29, 1.82) is 0 Å². The van der Waals surface area contributed by atoms with Gasteiger partial charge >= 0.3 is 0 Å². The zero-order valence-corrected chi connectivity index (χ0v) is 8.58. The smallest absolute Gasteiger partial charge is 0.205 e. The molecule has 0 heterocycles. The third-order valence-corrected chi connectivity index (χ3v) is 2.32. The van der Waals surface area contributed by atoms with Gasteiger partial charge in [-0.3, -0.25) is 0 Å². The fourth-order valence-corrected chi connectivity index (χ4v) is 1.22. The van der Waals surface area contributed by atoms with Crippen LogP contribution in [0.5, 0.6) is 0 Å². The third-order valence-electron chi connectivity index (χ3n) is 2.03. The molecule has 1 aromatic carbocycles. The quantitative estimate of drug-likeness (QED) is 0.703. The number of hydrogen-bond acceptors (Lipinski definition) is 0. The summed E-state index contributed by atoms with van der Waals surface area (Å²) in [6.45, 7) is 2.80. The number of benzene rings is 1. The molecule has 0 nitrogen and oxygen atoms in total. The van der Waals surface area contributed by atoms with E-state index in [1.54, 1.807) is 0 Å². The minimum Gasteiger partial charge on any atom is -0.205 e. The Balaban J connectivity index is 3.14. The van der Waals surface area contributed by atoms with Gasteiger partial charge in [-0.05, 0) is 12.1 Å². The summed E-state index contributed by atoms with van der Waals surface area (Å²) in [5.74, 6) is -4.50. The van der Waals surface area contributed by atoms with Crippen LogP contribution in [0.4, 0.5) is 13.2 Å². The molecule has 78 valence electrons. The lowest BCUT2D eigenvalue weighted by atomic mass is 9.98. The van der Waals surface area contributed by atoms with Gasteiger partial charge in [0.15, 0.2) is 0 Å². The van der Waals surface area contributed by atoms with Gasteiger partial charge < -0.3 is 0 Å². The van der Waals surface area contributed by atoms with E-state index >= 15 is 0 Å². The highest BCUT2D eigenvalue weighted by molar-refractivity contribution is 6.30. The Hall–Kier alpha value is -0.700. The van der Waals surface area contributed by atoms with Gasteiger partial charge in [0.05, 0.1) is 5.02 Å². The Bertz CT molecular complexity index is 334. The van der Waals surface area contributed by atoms with E-state index in [0.717, 1.165) is 18.2 Å². The van der Waals surface area contributed by atoms with E-state index in [4.69, 9.17) is 11.6 Å². The molecule has 0 radical (unpaired) electrons. The molecular weight excluding hydrogens is 213 g/mol. The van der Waals surface area contributed by atoms with Crippen molar-refractivity contribution in [3.8, 4) is 0 Å². The SMILES string of the molecule is CC(C)C(F)(F)c1ccc(F)c(Cl)c1. The molecule has 0 spiro atoms. The molecule has 0 aliphatic heterocycles. The predicted molar refractivity (Wildman–Crippen MR) is 50.1 cm³/mol. The van der Waals surface area contributed by atoms with E-state index in [-0.39, 0.29) is 10.6 Å². The van der Waals surface area contributed by atoms with Gasteiger partial charge in [0.1, 0.15) is 5.82 Å². The Morgan fingerprint density at radius 1 is 1.29 bits per heavy atom. The van der Waals surface area contributed by atoms with E-state index in [0.29, 0.717) is 0 Å². The highest BCUT2D eigenvalue weighted by Crippen LogP contribution is 2.36. The molecule has 0 bridgehead atoms. The van der Waals surface area contributed by atoms with Gasteiger partial charge in [-0.1, -0.05) is 31.5 Å². The van der Waals surface area contributed by atoms with Crippen LogP contribution in [-0.4, -0.2) is 0 Å². The highest BCUT2D eigenvalue weighted by atomic mass is 35.5. The second-order valence-corrected chi connectivity index (χ2v) is 3.81. The maximum absolute atomic E-state index is 13.4. The lowest BCUT2D eigenvalue weighted by Crippen LogP contribution is -2.20. The van der Waals surface area contributed by atoms with Crippen molar-refractivity contribution in [2.75, 3.05) is 0 Å². The molecule has 0 saturated carbocycles. The van der Waals surface area contributed by atoms with Crippen molar-refractivity contribution in [3.63, 3.8) is 0 Å². The van der Waals surface area contributed by atoms with Crippen LogP contribution < -0.4 is 0 Å². The highest BCUT2D eigenvalue weighted by Gasteiger charge is 2.35. The molecule has 1 aromatic rings. The molecule has 14 heavy (non-hydrogen) atoms. The second-order valence-electron chi connectivity index (χ2n) is 3.41. The molecule has 0 atom stereocenters. The average Bonchev–Trinajstić information content (AvgIpc) is 2.09. The summed E-state index contributed by atoms with van der Waals surface area (Å²) in [4.78, 5) is 0. The standard InChI is InChI=1S/C10H10ClF3/c1-6(2)10(13,14)7-3-4-9(12)8(11)5-7/h3-6H,1-2H3. The maximum Gasteiger partial charge on any atom is 0.275 e. The van der Waals surface area contributed by atoms with Crippen LogP contribution in [0, 0.1) is 11.7 Å². The van der Waals surface area contributed by atoms with Crippen molar-refractivity contribution in [2.24, 2.45) is 5.92 Å². The van der Waals surface area contributed by atoms with Crippen LogP contribution in [0.3, 0.4) is 0 Å². The molecule has 0 N–H and O–H groups in total. The van der Waals surface area contributed by atoms with Crippen molar-refractivity contribution in [2.45, 2.75) is 19.8 Å². The summed E-state index contributed by atoms with van der Waals surface area (Å²) >= 11 is 5.42. The topological polar surface area (TPSA) is 0 Å². The summed E-state index contributed by atoms with van der Waals surface area (Å²) in [6.07, 6.45) is 0. The molecule has 0 aliphatic carbocycles. The molecule has 1 rings (SSSR count). The Morgan fingerprint density at radius 3 is 2.29 bits per heavy atom. The molecule has 4 heteroatoms. The van der Waals surface area contributed by atoms with Gasteiger partial charge in [0.25, 0.3) is 5.92 Å². The van der Waals surface area contributed by atoms with E-state index in [2.05, 4.69) is 0 Å². The van der Waals surface area contributed by atoms with Gasteiger partial charge in [-0.15, -0.1) is 0 Å². The molecule has 0 aliphatic rings. The number of halogens is 4. The molecule has 0 amide bonds. The summed E-state index contributed by atoms with van der Waals surface area (Å²) in [7, 11) is 0. The first-order valence-electron chi connectivity index (χ1n) is 4.19. The monoisotopic (exact) mass is 222 g/mol. The zero-order chi connectivity index (χ0) is 10.9. The van der Waals surface area contributed by atoms with E-state index < -0.39 is 17.7 Å². The van der Waals surface area contributed by atoms with Gasteiger partial charge in [0, 0.05) is 11.5 Å². The lowest BCUT2D eigenvalue weighted by molar-refractivity contribution is -0.0514. The summed E-state index contributed by atoms with van der Waals surface area (Å²) < 4.78 is 39.5. The first-order valence-corrected chi connectivity index (χ1v) is 4.57. The van der Waals surface area contributed by atoms with E-state index in [1.807, 2.05) is 0 Å². The van der Waals surface area contributed by atoms with Crippen molar-refractivity contribution in [3.05, 3.63) is 34.6 Å². The van der Waals surface area contributed by atoms with E-state index in [9.17, 15) is 13.2 Å². The zero-order valence-electron chi connectivity index (χ0n) is 7.82. The molecule has 0 unspecified atom stereocenters. The van der Waals surface area contributed by atoms with Crippen LogP contribution in [0.1, 0.15) is 19.4 Å². The minimum absolute atomic E-state index is 0.251. The van der Waals surface area contributed by atoms with Crippen molar-refractivity contribution in [1.82, 2.24) is 0 Å². The molecule has 0 aromatic heterocycles. The maximum atomic E-state index is 13.4. The van der Waals surface area contributed by atoms with Crippen LogP contribution >= 0.6 is 11.6 Å². The average molecular weight is 223 g/mol. The molecule has 0 saturated heterocycles. The number of rotatable bonds is 2. The fraction of sp³-hybridized carbons (Fsp3) is 0.400. The van der Waals surface area contributed by atoms with Crippen LogP contribution in [0.15, 0.2) is 18.2 Å². The van der Waals surface area contributed by atoms with Crippen LogP contribution in [-0.2, 0) is 5.92 Å². The van der Waals surface area contributed by atoms with Crippen LogP contribution in [0.25, 0.3) is 0 Å². The summed E-state index contributed by atoms with van der Waals surface area (Å²) in [6, 6.07) is 2.98. The molecular formula is C10H10ClF3. The largest absolute Gasteiger partial charge is 0.275 e. The predicted octanol–water partition coefficient (Wildman–Crippen LogP) is 4.23. The van der Waals surface area contributed by atoms with Crippen LogP contribution in [0.2, 0.25) is 5.02 Å². The van der Waals surface area contributed by atoms with Gasteiger partial charge in [-0.2, -0.15) is 0 Å². The Kier molecular flexibility index (Phi) is 3.10. The van der Waals surface area contributed by atoms with Crippen molar-refractivity contribution >= 4 is 11.6 Å². The van der Waals surface area contributed by atoms with Gasteiger partial charge in [0.2, 0.25) is 0 Å². The summed E-state index contributed by atoms with van der Waals surface area (Å²) in [5.41, 5.74) is -0.251. The number of hydrogen-bond donors (Lipinski definition) is 0. The normalized spacial score (nSPS) is 12.2. The Labute approximate surface area is 85.7 Å². The first kappa shape index (κ1) is 11.4. The second kappa shape index (κ2) is 3.81. The minimum atomic E-state index is -2.97. The lowest BCUT2D eigenvalue weighted by Gasteiger charge is -2.20. The summed E-state index contributed by atoms with van der Waals surface area (Å²) in [5, 5.41) is -0.275. The van der Waals surface area contributed by atoms with Crippen molar-refractivity contribution < 1.29 is 13.2 Å². The number of alkyl halides is 2.